The molecule has 0 bridgehead atoms. The highest BCUT2D eigenvalue weighted by atomic mass is 35.5. The molecule has 0 unspecified atom stereocenters. The largest absolute Gasteiger partial charge is 0.477 e. The minimum atomic E-state index is -1.18. The van der Waals surface area contributed by atoms with Crippen LogP contribution in [0.2, 0.25) is 5.02 Å². The summed E-state index contributed by atoms with van der Waals surface area (Å²) in [5, 5.41) is 22.7. The maximum atomic E-state index is 10.6. The molecule has 8 heteroatoms. The molecule has 0 radical (unpaired) electrons. The van der Waals surface area contributed by atoms with Gasteiger partial charge in [0, 0.05) is 6.07 Å². The molecule has 0 spiro atoms. The third kappa shape index (κ3) is 3.42. The van der Waals surface area contributed by atoms with Crippen LogP contribution in [-0.4, -0.2) is 21.7 Å². The van der Waals surface area contributed by atoms with Crippen LogP contribution in [0.5, 0.6) is 0 Å². The highest BCUT2D eigenvalue weighted by molar-refractivity contribution is 6.34. The summed E-state index contributed by atoms with van der Waals surface area (Å²) < 4.78 is 0. The van der Waals surface area contributed by atoms with Gasteiger partial charge in [0.1, 0.15) is 10.7 Å². The second kappa shape index (κ2) is 5.26. The standard InChI is InChI=1S/C9H8ClN3O4/c1-5(9(14)15)11-12-6-2-3-7(10)8(4-6)13(16)17/h2-4,12H,1H3,(H,14,15)/b11-5-. The van der Waals surface area contributed by atoms with Gasteiger partial charge in [-0.2, -0.15) is 5.10 Å². The fourth-order valence-electron chi connectivity index (χ4n) is 0.918. The lowest BCUT2D eigenvalue weighted by Gasteiger charge is -2.01. The average Bonchev–Trinajstić information content (AvgIpc) is 2.26. The number of benzene rings is 1. The van der Waals surface area contributed by atoms with Gasteiger partial charge in [-0.05, 0) is 19.1 Å². The smallest absolute Gasteiger partial charge is 0.351 e. The Morgan fingerprint density at radius 1 is 1.59 bits per heavy atom. The number of aliphatic carboxylic acids is 1. The third-order valence-corrected chi connectivity index (χ3v) is 2.12. The van der Waals surface area contributed by atoms with Crippen molar-refractivity contribution in [2.75, 3.05) is 5.43 Å². The predicted molar refractivity (Wildman–Crippen MR) is 62.5 cm³/mol. The summed E-state index contributed by atoms with van der Waals surface area (Å²) in [7, 11) is 0. The van der Waals surface area contributed by atoms with Crippen molar-refractivity contribution in [1.82, 2.24) is 0 Å². The molecule has 1 aromatic rings. The van der Waals surface area contributed by atoms with E-state index in [0.717, 1.165) is 0 Å². The van der Waals surface area contributed by atoms with Crippen LogP contribution in [0.1, 0.15) is 6.92 Å². The van der Waals surface area contributed by atoms with E-state index in [1.165, 1.54) is 25.1 Å². The van der Waals surface area contributed by atoms with Crippen LogP contribution in [0, 0.1) is 10.1 Å². The van der Waals surface area contributed by atoms with Crippen LogP contribution >= 0.6 is 11.6 Å². The first-order valence-corrected chi connectivity index (χ1v) is 4.77. The second-order valence-corrected chi connectivity index (χ2v) is 3.44. The molecule has 1 rings (SSSR count). The van der Waals surface area contributed by atoms with Crippen LogP contribution in [0.3, 0.4) is 0 Å². The molecule has 90 valence electrons. The molecule has 0 aliphatic carbocycles. The molecule has 0 aliphatic heterocycles. The number of carboxylic acids is 1. The zero-order valence-electron chi connectivity index (χ0n) is 8.68. The minimum Gasteiger partial charge on any atom is -0.477 e. The molecule has 0 fully saturated rings. The molecule has 0 aromatic heterocycles. The lowest BCUT2D eigenvalue weighted by atomic mass is 10.3. The second-order valence-electron chi connectivity index (χ2n) is 3.04. The zero-order valence-corrected chi connectivity index (χ0v) is 9.43. The molecule has 1 aromatic carbocycles. The van der Waals surface area contributed by atoms with Crippen LogP contribution in [0.4, 0.5) is 11.4 Å². The van der Waals surface area contributed by atoms with Crippen molar-refractivity contribution in [3.05, 3.63) is 33.3 Å². The molecule has 0 heterocycles. The number of anilines is 1. The van der Waals surface area contributed by atoms with E-state index in [4.69, 9.17) is 16.7 Å². The Kier molecular flexibility index (Phi) is 4.00. The Morgan fingerprint density at radius 2 is 2.24 bits per heavy atom. The van der Waals surface area contributed by atoms with Crippen LogP contribution in [0.25, 0.3) is 0 Å². The number of carboxylic acid groups (broad SMARTS) is 1. The van der Waals surface area contributed by atoms with Gasteiger partial charge < -0.3 is 5.11 Å². The summed E-state index contributed by atoms with van der Waals surface area (Å²) >= 11 is 5.60. The molecule has 17 heavy (non-hydrogen) atoms. The third-order valence-electron chi connectivity index (χ3n) is 1.81. The fraction of sp³-hybridized carbons (Fsp3) is 0.111. The first kappa shape index (κ1) is 12.9. The molecule has 0 aliphatic rings. The van der Waals surface area contributed by atoms with Crippen LogP contribution in [-0.2, 0) is 4.79 Å². The lowest BCUT2D eigenvalue weighted by molar-refractivity contribution is -0.384. The molecular weight excluding hydrogens is 250 g/mol. The Balaban J connectivity index is 2.94. The van der Waals surface area contributed by atoms with Crippen molar-refractivity contribution in [1.29, 1.82) is 0 Å². The summed E-state index contributed by atoms with van der Waals surface area (Å²) in [6.07, 6.45) is 0. The SMILES string of the molecule is C/C(=N/Nc1ccc(Cl)c([N+](=O)[O-])c1)C(=O)O. The van der Waals surface area contributed by atoms with Crippen molar-refractivity contribution in [2.45, 2.75) is 6.92 Å². The number of nitrogens with one attached hydrogen (secondary N) is 1. The monoisotopic (exact) mass is 257 g/mol. The summed E-state index contributed by atoms with van der Waals surface area (Å²) in [5.74, 6) is -1.18. The maximum absolute atomic E-state index is 10.6. The van der Waals surface area contributed by atoms with Gasteiger partial charge in [0.05, 0.1) is 10.6 Å². The van der Waals surface area contributed by atoms with Gasteiger partial charge in [-0.15, -0.1) is 0 Å². The summed E-state index contributed by atoms with van der Waals surface area (Å²) in [5.41, 5.74) is 2.23. The fourth-order valence-corrected chi connectivity index (χ4v) is 1.10. The highest BCUT2D eigenvalue weighted by Crippen LogP contribution is 2.27. The first-order chi connectivity index (χ1) is 7.91. The average molecular weight is 258 g/mol. The Bertz CT molecular complexity index is 501. The van der Waals surface area contributed by atoms with Crippen molar-refractivity contribution < 1.29 is 14.8 Å². The number of rotatable bonds is 4. The zero-order chi connectivity index (χ0) is 13.0. The van der Waals surface area contributed by atoms with E-state index in [1.807, 2.05) is 0 Å². The van der Waals surface area contributed by atoms with Crippen molar-refractivity contribution >= 4 is 34.7 Å². The number of carbonyl (C=O) groups is 1. The minimum absolute atomic E-state index is 0.000476. The number of hydrogen-bond donors (Lipinski definition) is 2. The molecule has 2 N–H and O–H groups in total. The van der Waals surface area contributed by atoms with Crippen LogP contribution < -0.4 is 5.43 Å². The van der Waals surface area contributed by atoms with Gasteiger partial charge in [0.15, 0.2) is 0 Å². The van der Waals surface area contributed by atoms with Gasteiger partial charge in [-0.1, -0.05) is 11.6 Å². The van der Waals surface area contributed by atoms with Gasteiger partial charge >= 0.3 is 5.97 Å². The van der Waals surface area contributed by atoms with Gasteiger partial charge in [-0.25, -0.2) is 4.79 Å². The van der Waals surface area contributed by atoms with E-state index in [-0.39, 0.29) is 22.1 Å². The lowest BCUT2D eigenvalue weighted by Crippen LogP contribution is -2.10. The first-order valence-electron chi connectivity index (χ1n) is 4.39. The summed E-state index contributed by atoms with van der Waals surface area (Å²) in [6.45, 7) is 1.29. The molecular formula is C9H8ClN3O4. The molecule has 0 atom stereocenters. The highest BCUT2D eigenvalue weighted by Gasteiger charge is 2.12. The number of hydrazone groups is 1. The van der Waals surface area contributed by atoms with Gasteiger partial charge in [0.25, 0.3) is 5.69 Å². The van der Waals surface area contributed by atoms with Crippen molar-refractivity contribution in [3.63, 3.8) is 0 Å². The Hall–Kier alpha value is -2.15. The van der Waals surface area contributed by atoms with E-state index in [9.17, 15) is 14.9 Å². The molecule has 7 nitrogen and oxygen atoms in total. The van der Waals surface area contributed by atoms with Gasteiger partial charge in [-0.3, -0.25) is 15.5 Å². The Labute approximate surface area is 101 Å². The van der Waals surface area contributed by atoms with Crippen molar-refractivity contribution in [3.8, 4) is 0 Å². The molecule has 0 amide bonds. The van der Waals surface area contributed by atoms with Gasteiger partial charge in [0.2, 0.25) is 0 Å². The number of nitro groups is 1. The maximum Gasteiger partial charge on any atom is 0.351 e. The number of halogens is 1. The van der Waals surface area contributed by atoms with Crippen molar-refractivity contribution in [2.24, 2.45) is 5.10 Å². The summed E-state index contributed by atoms with van der Waals surface area (Å²) in [4.78, 5) is 20.4. The van der Waals surface area contributed by atoms with E-state index >= 15 is 0 Å². The molecule has 0 saturated carbocycles. The summed E-state index contributed by atoms with van der Waals surface area (Å²) in [6, 6.07) is 3.95. The number of hydrogen-bond acceptors (Lipinski definition) is 5. The normalized spacial score (nSPS) is 11.1. The Morgan fingerprint density at radius 3 is 2.76 bits per heavy atom. The molecule has 0 saturated heterocycles. The van der Waals surface area contributed by atoms with E-state index in [2.05, 4.69) is 10.5 Å². The topological polar surface area (TPSA) is 105 Å². The number of nitro benzene ring substituents is 1. The number of nitrogens with zero attached hydrogens (tertiary/aromatic N) is 2. The quantitative estimate of drug-likeness (QED) is 0.488. The predicted octanol–water partition coefficient (Wildman–Crippen LogP) is 2.12. The van der Waals surface area contributed by atoms with E-state index in [1.54, 1.807) is 0 Å². The van der Waals surface area contributed by atoms with E-state index < -0.39 is 10.9 Å². The van der Waals surface area contributed by atoms with E-state index in [0.29, 0.717) is 0 Å². The van der Waals surface area contributed by atoms with Crippen LogP contribution in [0.15, 0.2) is 23.3 Å².